The first kappa shape index (κ1) is 7.61. The van der Waals surface area contributed by atoms with Gasteiger partial charge in [-0.2, -0.15) is 8.75 Å². The van der Waals surface area contributed by atoms with Gasteiger partial charge in [0.1, 0.15) is 11.0 Å². The van der Waals surface area contributed by atoms with Gasteiger partial charge in [-0.25, -0.2) is 0 Å². The molecule has 0 saturated carbocycles. The predicted molar refractivity (Wildman–Crippen MR) is 49.3 cm³/mol. The van der Waals surface area contributed by atoms with Gasteiger partial charge >= 0.3 is 0 Å². The van der Waals surface area contributed by atoms with Crippen LogP contribution in [-0.4, -0.2) is 13.7 Å². The second-order valence-electron chi connectivity index (χ2n) is 2.70. The molecule has 0 aromatic carbocycles. The van der Waals surface area contributed by atoms with E-state index in [2.05, 4.69) is 20.7 Å². The summed E-state index contributed by atoms with van der Waals surface area (Å²) in [6, 6.07) is 0. The molecule has 0 unspecified atom stereocenters. The Kier molecular flexibility index (Phi) is 1.77. The smallest absolute Gasteiger partial charge is 0.126 e. The third kappa shape index (κ3) is 0.992. The molecule has 0 spiro atoms. The molecule has 0 aliphatic carbocycles. The van der Waals surface area contributed by atoms with Gasteiger partial charge in [0.15, 0.2) is 0 Å². The highest BCUT2D eigenvalue weighted by Gasteiger charge is 2.06. The van der Waals surface area contributed by atoms with Gasteiger partial charge in [0, 0.05) is 6.20 Å². The second kappa shape index (κ2) is 2.79. The van der Waals surface area contributed by atoms with Gasteiger partial charge < -0.3 is 0 Å². The first-order chi connectivity index (χ1) is 5.83. The molecule has 2 aromatic heterocycles. The Bertz CT molecular complexity index is 408. The van der Waals surface area contributed by atoms with E-state index in [1.165, 1.54) is 11.7 Å². The molecular weight excluding hydrogens is 170 g/mol. The maximum Gasteiger partial charge on any atom is 0.126 e. The number of pyridine rings is 1. The summed E-state index contributed by atoms with van der Waals surface area (Å²) in [5.41, 5.74) is 4.13. The fourth-order valence-corrected chi connectivity index (χ4v) is 1.82. The summed E-state index contributed by atoms with van der Waals surface area (Å²) >= 11 is 1.26. The summed E-state index contributed by atoms with van der Waals surface area (Å²) in [4.78, 5) is 4.30. The molecule has 2 rings (SSSR count). The van der Waals surface area contributed by atoms with Gasteiger partial charge in [-0.3, -0.25) is 4.98 Å². The number of rotatable bonds is 1. The molecular formula is C8H9N3S. The summed E-state index contributed by atoms with van der Waals surface area (Å²) < 4.78 is 8.44. The van der Waals surface area contributed by atoms with Crippen LogP contribution in [0.2, 0.25) is 0 Å². The summed E-state index contributed by atoms with van der Waals surface area (Å²) in [7, 11) is 0. The van der Waals surface area contributed by atoms with Crippen LogP contribution >= 0.6 is 11.7 Å². The van der Waals surface area contributed by atoms with Crippen LogP contribution in [0.3, 0.4) is 0 Å². The number of fused-ring (bicyclic) bond motifs is 1. The second-order valence-corrected chi connectivity index (χ2v) is 3.23. The highest BCUT2D eigenvalue weighted by atomic mass is 32.1. The molecule has 2 aromatic rings. The topological polar surface area (TPSA) is 38.7 Å². The van der Waals surface area contributed by atoms with E-state index in [-0.39, 0.29) is 0 Å². The summed E-state index contributed by atoms with van der Waals surface area (Å²) in [6.07, 6.45) is 2.78. The zero-order valence-corrected chi connectivity index (χ0v) is 7.85. The largest absolute Gasteiger partial charge is 0.259 e. The van der Waals surface area contributed by atoms with Gasteiger partial charge in [0.05, 0.1) is 17.4 Å². The number of aryl methyl sites for hydroxylation is 2. The Labute approximate surface area is 74.8 Å². The van der Waals surface area contributed by atoms with E-state index in [1.54, 1.807) is 0 Å². The van der Waals surface area contributed by atoms with Crippen molar-refractivity contribution < 1.29 is 0 Å². The molecule has 4 heteroatoms. The quantitative estimate of drug-likeness (QED) is 0.671. The lowest BCUT2D eigenvalue weighted by molar-refractivity contribution is 1.04. The Morgan fingerprint density at radius 3 is 2.83 bits per heavy atom. The molecule has 3 nitrogen and oxygen atoms in total. The number of hydrogen-bond acceptors (Lipinski definition) is 4. The average molecular weight is 179 g/mol. The van der Waals surface area contributed by atoms with Crippen molar-refractivity contribution in [3.05, 3.63) is 17.5 Å². The van der Waals surface area contributed by atoms with Gasteiger partial charge in [0.25, 0.3) is 0 Å². The van der Waals surface area contributed by atoms with Crippen LogP contribution in [0.15, 0.2) is 6.20 Å². The van der Waals surface area contributed by atoms with Gasteiger partial charge in [-0.05, 0) is 18.9 Å². The van der Waals surface area contributed by atoms with E-state index in [9.17, 15) is 0 Å². The fraction of sp³-hybridized carbons (Fsp3) is 0.375. The molecule has 0 amide bonds. The number of aromatic nitrogens is 3. The van der Waals surface area contributed by atoms with Crippen molar-refractivity contribution in [2.24, 2.45) is 0 Å². The Balaban J connectivity index is 2.82. The molecule has 0 bridgehead atoms. The van der Waals surface area contributed by atoms with Crippen LogP contribution in [0.25, 0.3) is 11.0 Å². The highest BCUT2D eigenvalue weighted by Crippen LogP contribution is 2.17. The first-order valence-electron chi connectivity index (χ1n) is 3.89. The third-order valence-corrected chi connectivity index (χ3v) is 2.41. The molecule has 0 N–H and O–H groups in total. The summed E-state index contributed by atoms with van der Waals surface area (Å²) in [5.74, 6) is 0. The molecule has 2 heterocycles. The standard InChI is InChI=1S/C8H9N3S/c1-3-6-8-7(10-12-11-8)5(2)4-9-6/h4H,3H2,1-2H3. The van der Waals surface area contributed by atoms with Gasteiger partial charge in [0.2, 0.25) is 0 Å². The predicted octanol–water partition coefficient (Wildman–Crippen LogP) is 1.96. The lowest BCUT2D eigenvalue weighted by atomic mass is 10.2. The molecule has 12 heavy (non-hydrogen) atoms. The minimum Gasteiger partial charge on any atom is -0.259 e. The Morgan fingerprint density at radius 1 is 1.33 bits per heavy atom. The lowest BCUT2D eigenvalue weighted by Crippen LogP contribution is -1.90. The lowest BCUT2D eigenvalue weighted by Gasteiger charge is -1.97. The molecule has 0 aliphatic rings. The van der Waals surface area contributed by atoms with Crippen molar-refractivity contribution in [3.8, 4) is 0 Å². The van der Waals surface area contributed by atoms with E-state index in [0.29, 0.717) is 0 Å². The minimum atomic E-state index is 0.919. The Hall–Kier alpha value is -1.03. The van der Waals surface area contributed by atoms with Crippen molar-refractivity contribution in [1.82, 2.24) is 13.7 Å². The molecule has 0 aliphatic heterocycles. The van der Waals surface area contributed by atoms with Crippen LogP contribution in [0.4, 0.5) is 0 Å². The van der Waals surface area contributed by atoms with E-state index in [4.69, 9.17) is 0 Å². The zero-order chi connectivity index (χ0) is 8.55. The van der Waals surface area contributed by atoms with Crippen molar-refractivity contribution in [3.63, 3.8) is 0 Å². The molecule has 0 atom stereocenters. The van der Waals surface area contributed by atoms with Crippen molar-refractivity contribution in [1.29, 1.82) is 0 Å². The van der Waals surface area contributed by atoms with Crippen LogP contribution in [-0.2, 0) is 6.42 Å². The molecule has 62 valence electrons. The van der Waals surface area contributed by atoms with E-state index >= 15 is 0 Å². The normalized spacial score (nSPS) is 10.8. The molecule has 0 fully saturated rings. The van der Waals surface area contributed by atoms with Crippen LogP contribution in [0, 0.1) is 6.92 Å². The number of hydrogen-bond donors (Lipinski definition) is 0. The van der Waals surface area contributed by atoms with Crippen LogP contribution < -0.4 is 0 Å². The van der Waals surface area contributed by atoms with Crippen molar-refractivity contribution in [2.75, 3.05) is 0 Å². The van der Waals surface area contributed by atoms with E-state index in [0.717, 1.165) is 28.7 Å². The van der Waals surface area contributed by atoms with Crippen molar-refractivity contribution in [2.45, 2.75) is 20.3 Å². The SMILES string of the molecule is CCc1ncc(C)c2nsnc12. The van der Waals surface area contributed by atoms with Crippen molar-refractivity contribution >= 4 is 22.8 Å². The van der Waals surface area contributed by atoms with Crippen LogP contribution in [0.1, 0.15) is 18.2 Å². The fourth-order valence-electron chi connectivity index (χ4n) is 1.19. The van der Waals surface area contributed by atoms with Gasteiger partial charge in [-0.15, -0.1) is 0 Å². The first-order valence-corrected chi connectivity index (χ1v) is 4.62. The maximum atomic E-state index is 4.30. The minimum absolute atomic E-state index is 0.919. The maximum absolute atomic E-state index is 4.30. The summed E-state index contributed by atoms with van der Waals surface area (Å²) in [6.45, 7) is 4.09. The summed E-state index contributed by atoms with van der Waals surface area (Å²) in [5, 5.41) is 0. The van der Waals surface area contributed by atoms with E-state index < -0.39 is 0 Å². The molecule has 0 radical (unpaired) electrons. The Morgan fingerprint density at radius 2 is 2.08 bits per heavy atom. The zero-order valence-electron chi connectivity index (χ0n) is 7.03. The average Bonchev–Trinajstić information content (AvgIpc) is 2.54. The van der Waals surface area contributed by atoms with Gasteiger partial charge in [-0.1, -0.05) is 6.92 Å². The van der Waals surface area contributed by atoms with E-state index in [1.807, 2.05) is 13.1 Å². The monoisotopic (exact) mass is 179 g/mol. The molecule has 0 saturated heterocycles. The van der Waals surface area contributed by atoms with Crippen LogP contribution in [0.5, 0.6) is 0 Å². The third-order valence-electron chi connectivity index (χ3n) is 1.88. The highest BCUT2D eigenvalue weighted by molar-refractivity contribution is 7.00. The number of nitrogens with zero attached hydrogens (tertiary/aromatic N) is 3.